The molecule has 1 unspecified atom stereocenters. The maximum absolute atomic E-state index is 12.5. The summed E-state index contributed by atoms with van der Waals surface area (Å²) < 4.78 is 7.19. The van der Waals surface area contributed by atoms with E-state index < -0.39 is 11.4 Å². The molecule has 1 N–H and O–H groups in total. The van der Waals surface area contributed by atoms with Crippen molar-refractivity contribution in [2.24, 2.45) is 0 Å². The van der Waals surface area contributed by atoms with Crippen LogP contribution in [0.4, 0.5) is 0 Å². The second-order valence-electron chi connectivity index (χ2n) is 5.15. The summed E-state index contributed by atoms with van der Waals surface area (Å²) in [6.45, 7) is 5.80. The summed E-state index contributed by atoms with van der Waals surface area (Å²) >= 11 is 0. The number of pyridine rings is 1. The number of aryl methyl sites for hydroxylation is 1. The molecule has 5 heteroatoms. The summed E-state index contributed by atoms with van der Waals surface area (Å²) in [5, 5.41) is 9.69. The molecule has 0 saturated heterocycles. The molecule has 2 rings (SSSR count). The largest absolute Gasteiger partial charge is 0.495 e. The van der Waals surface area contributed by atoms with Crippen LogP contribution in [0.25, 0.3) is 10.9 Å². The van der Waals surface area contributed by atoms with Crippen molar-refractivity contribution in [2.75, 3.05) is 7.11 Å². The average molecular weight is 289 g/mol. The third kappa shape index (κ3) is 2.39. The molecule has 5 nitrogen and oxygen atoms in total. The number of aromatic nitrogens is 1. The lowest BCUT2D eigenvalue weighted by Gasteiger charge is -2.20. The van der Waals surface area contributed by atoms with Gasteiger partial charge in [0.15, 0.2) is 0 Å². The first-order valence-corrected chi connectivity index (χ1v) is 6.88. The molecule has 1 aromatic carbocycles. The number of hydrogen-bond donors (Lipinski definition) is 1. The minimum atomic E-state index is -1.21. The molecule has 2 aromatic rings. The highest BCUT2D eigenvalue weighted by Gasteiger charge is 2.20. The van der Waals surface area contributed by atoms with E-state index in [2.05, 4.69) is 0 Å². The van der Waals surface area contributed by atoms with Crippen LogP contribution in [0.2, 0.25) is 0 Å². The Morgan fingerprint density at radius 2 is 2.10 bits per heavy atom. The Morgan fingerprint density at radius 1 is 1.43 bits per heavy atom. The maximum atomic E-state index is 12.5. The molecule has 21 heavy (non-hydrogen) atoms. The van der Waals surface area contributed by atoms with Gasteiger partial charge in [-0.15, -0.1) is 0 Å². The summed E-state index contributed by atoms with van der Waals surface area (Å²) in [6, 6.07) is 3.63. The molecule has 0 aliphatic carbocycles. The van der Waals surface area contributed by atoms with E-state index in [1.165, 1.54) is 6.20 Å². The molecule has 1 heterocycles. The van der Waals surface area contributed by atoms with Gasteiger partial charge in [0.1, 0.15) is 11.3 Å². The number of carboxylic acids is 1. The number of benzene rings is 1. The predicted molar refractivity (Wildman–Crippen MR) is 81.5 cm³/mol. The van der Waals surface area contributed by atoms with Crippen LogP contribution in [0.5, 0.6) is 5.75 Å². The smallest absolute Gasteiger partial charge is 0.341 e. The van der Waals surface area contributed by atoms with E-state index >= 15 is 0 Å². The molecule has 0 saturated carbocycles. The van der Waals surface area contributed by atoms with Crippen LogP contribution in [-0.2, 0) is 0 Å². The Kier molecular flexibility index (Phi) is 4.02. The Labute approximate surface area is 122 Å². The van der Waals surface area contributed by atoms with E-state index in [9.17, 15) is 14.7 Å². The minimum absolute atomic E-state index is 0.0573. The molecule has 1 aromatic heterocycles. The number of carbonyl (C=O) groups is 1. The summed E-state index contributed by atoms with van der Waals surface area (Å²) in [4.78, 5) is 23.8. The lowest BCUT2D eigenvalue weighted by molar-refractivity contribution is 0.0694. The van der Waals surface area contributed by atoms with Crippen molar-refractivity contribution in [3.63, 3.8) is 0 Å². The maximum Gasteiger partial charge on any atom is 0.341 e. The normalized spacial score (nSPS) is 12.4. The number of rotatable bonds is 4. The van der Waals surface area contributed by atoms with Crippen LogP contribution in [0.3, 0.4) is 0 Å². The molecule has 0 radical (unpaired) electrons. The first-order chi connectivity index (χ1) is 9.92. The zero-order valence-electron chi connectivity index (χ0n) is 12.6. The lowest BCUT2D eigenvalue weighted by Crippen LogP contribution is -2.21. The Balaban J connectivity index is 3.06. The van der Waals surface area contributed by atoms with Crippen molar-refractivity contribution in [1.29, 1.82) is 0 Å². The first kappa shape index (κ1) is 15.1. The van der Waals surface area contributed by atoms with Gasteiger partial charge in [-0.05, 0) is 31.9 Å². The Hall–Kier alpha value is -2.30. The second-order valence-corrected chi connectivity index (χ2v) is 5.15. The lowest BCUT2D eigenvalue weighted by atomic mass is 10.0. The van der Waals surface area contributed by atoms with Crippen molar-refractivity contribution in [2.45, 2.75) is 33.2 Å². The van der Waals surface area contributed by atoms with Gasteiger partial charge < -0.3 is 14.4 Å². The van der Waals surface area contributed by atoms with Crippen molar-refractivity contribution in [3.8, 4) is 5.75 Å². The van der Waals surface area contributed by atoms with Crippen LogP contribution >= 0.6 is 0 Å². The molecule has 0 aliphatic rings. The summed E-state index contributed by atoms with van der Waals surface area (Å²) in [5.41, 5.74) is 0.727. The molecule has 1 atom stereocenters. The highest BCUT2D eigenvalue weighted by Crippen LogP contribution is 2.29. The van der Waals surface area contributed by atoms with E-state index in [-0.39, 0.29) is 11.6 Å². The van der Waals surface area contributed by atoms with E-state index in [1.54, 1.807) is 26.2 Å². The predicted octanol–water partition coefficient (Wildman–Crippen LogP) is 2.99. The fraction of sp³-hybridized carbons (Fsp3) is 0.375. The quantitative estimate of drug-likeness (QED) is 0.939. The van der Waals surface area contributed by atoms with Gasteiger partial charge in [-0.25, -0.2) is 4.79 Å². The Morgan fingerprint density at radius 3 is 2.62 bits per heavy atom. The monoisotopic (exact) mass is 289 g/mol. The molecule has 0 amide bonds. The Bertz CT molecular complexity index is 761. The fourth-order valence-corrected chi connectivity index (χ4v) is 2.47. The first-order valence-electron chi connectivity index (χ1n) is 6.88. The molecular weight excluding hydrogens is 270 g/mol. The molecule has 112 valence electrons. The van der Waals surface area contributed by atoms with E-state index in [0.717, 1.165) is 12.0 Å². The van der Waals surface area contributed by atoms with Crippen molar-refractivity contribution in [1.82, 2.24) is 4.57 Å². The average Bonchev–Trinajstić information content (AvgIpc) is 2.46. The number of ether oxygens (including phenoxy) is 1. The number of hydrogen-bond acceptors (Lipinski definition) is 3. The third-order valence-corrected chi connectivity index (χ3v) is 3.86. The van der Waals surface area contributed by atoms with Gasteiger partial charge >= 0.3 is 5.97 Å². The number of fused-ring (bicyclic) bond motifs is 1. The second kappa shape index (κ2) is 5.60. The standard InChI is InChI=1S/C16H19NO4/c1-5-10(3)17-8-11(16(19)20)15(18)13-9(2)6-7-12(21-4)14(13)17/h6-8,10H,5H2,1-4H3,(H,19,20). The van der Waals surface area contributed by atoms with Crippen molar-refractivity contribution < 1.29 is 14.6 Å². The van der Waals surface area contributed by atoms with Gasteiger partial charge in [-0.2, -0.15) is 0 Å². The van der Waals surface area contributed by atoms with E-state index in [1.807, 2.05) is 18.4 Å². The van der Waals surface area contributed by atoms with E-state index in [4.69, 9.17) is 4.74 Å². The van der Waals surface area contributed by atoms with Gasteiger partial charge in [0.2, 0.25) is 5.43 Å². The van der Waals surface area contributed by atoms with Gasteiger partial charge in [0, 0.05) is 12.2 Å². The highest BCUT2D eigenvalue weighted by molar-refractivity contribution is 5.95. The number of aromatic carboxylic acids is 1. The number of methoxy groups -OCH3 is 1. The van der Waals surface area contributed by atoms with Crippen molar-refractivity contribution in [3.05, 3.63) is 39.7 Å². The van der Waals surface area contributed by atoms with Gasteiger partial charge in [-0.3, -0.25) is 4.79 Å². The molecule has 0 aliphatic heterocycles. The SMILES string of the molecule is CCC(C)n1cc(C(=O)O)c(=O)c2c(C)ccc(OC)c21. The van der Waals surface area contributed by atoms with Gasteiger partial charge in [0.05, 0.1) is 18.0 Å². The summed E-state index contributed by atoms with van der Waals surface area (Å²) in [6.07, 6.45) is 2.23. The van der Waals surface area contributed by atoms with Crippen LogP contribution < -0.4 is 10.2 Å². The van der Waals surface area contributed by atoms with Crippen molar-refractivity contribution >= 4 is 16.9 Å². The zero-order chi connectivity index (χ0) is 15.7. The van der Waals surface area contributed by atoms with E-state index in [0.29, 0.717) is 16.7 Å². The number of nitrogens with zero attached hydrogens (tertiary/aromatic N) is 1. The topological polar surface area (TPSA) is 68.5 Å². The molecular formula is C16H19NO4. The van der Waals surface area contributed by atoms with Crippen LogP contribution in [0.1, 0.15) is 42.2 Å². The van der Waals surface area contributed by atoms with Crippen LogP contribution in [-0.4, -0.2) is 22.8 Å². The highest BCUT2D eigenvalue weighted by atomic mass is 16.5. The van der Waals surface area contributed by atoms with Crippen LogP contribution in [0, 0.1) is 6.92 Å². The van der Waals surface area contributed by atoms with Crippen LogP contribution in [0.15, 0.2) is 23.1 Å². The summed E-state index contributed by atoms with van der Waals surface area (Å²) in [5.74, 6) is -0.633. The van der Waals surface area contributed by atoms with Gasteiger partial charge in [0.25, 0.3) is 0 Å². The molecule has 0 fully saturated rings. The zero-order valence-corrected chi connectivity index (χ0v) is 12.6. The number of carboxylic acid groups (broad SMARTS) is 1. The molecule has 0 bridgehead atoms. The summed E-state index contributed by atoms with van der Waals surface area (Å²) in [7, 11) is 1.54. The molecule has 0 spiro atoms. The minimum Gasteiger partial charge on any atom is -0.495 e. The van der Waals surface area contributed by atoms with Gasteiger partial charge in [-0.1, -0.05) is 13.0 Å². The fourth-order valence-electron chi connectivity index (χ4n) is 2.47. The third-order valence-electron chi connectivity index (χ3n) is 3.86.